The van der Waals surface area contributed by atoms with Crippen LogP contribution < -0.4 is 4.90 Å². The summed E-state index contributed by atoms with van der Waals surface area (Å²) >= 11 is 0. The van der Waals surface area contributed by atoms with Gasteiger partial charge in [-0.05, 0) is 108 Å². The van der Waals surface area contributed by atoms with Crippen LogP contribution in [0.1, 0.15) is 11.1 Å². The first kappa shape index (κ1) is 32.1. The van der Waals surface area contributed by atoms with Gasteiger partial charge in [0, 0.05) is 17.5 Å². The van der Waals surface area contributed by atoms with Gasteiger partial charge in [0.2, 0.25) is 0 Å². The Balaban J connectivity index is 1.19. The predicted octanol–water partition coefficient (Wildman–Crippen LogP) is 14.0. The van der Waals surface area contributed by atoms with E-state index in [4.69, 9.17) is 5.41 Å². The van der Waals surface area contributed by atoms with Gasteiger partial charge in [0.05, 0.1) is 16.9 Å². The van der Waals surface area contributed by atoms with Crippen molar-refractivity contribution in [3.05, 3.63) is 199 Å². The predicted molar refractivity (Wildman–Crippen MR) is 229 cm³/mol. The first-order chi connectivity index (χ1) is 27.2. The molecule has 9 aromatic rings. The van der Waals surface area contributed by atoms with Crippen LogP contribution in [0, 0.1) is 16.7 Å². The van der Waals surface area contributed by atoms with Crippen molar-refractivity contribution < 1.29 is 0 Å². The number of nitriles is 1. The molecule has 9 aromatic carbocycles. The Labute approximate surface area is 320 Å². The Morgan fingerprint density at radius 3 is 1.58 bits per heavy atom. The quantitative estimate of drug-likeness (QED) is 0.168. The van der Waals surface area contributed by atoms with Gasteiger partial charge < -0.3 is 10.3 Å². The number of rotatable bonds is 7. The van der Waals surface area contributed by atoms with Gasteiger partial charge in [0.25, 0.3) is 0 Å². The fraction of sp³-hybridized carbons (Fsp3) is 0. The first-order valence-electron chi connectivity index (χ1n) is 18.5. The number of para-hydroxylation sites is 2. The van der Waals surface area contributed by atoms with E-state index in [2.05, 4.69) is 150 Å². The second-order valence-electron chi connectivity index (χ2n) is 13.9. The summed E-state index contributed by atoms with van der Waals surface area (Å²) in [6, 6.07) is 68.3. The van der Waals surface area contributed by atoms with Gasteiger partial charge in [-0.1, -0.05) is 158 Å². The standard InChI is InChI=1S/C52H33N3/c53-32-37-18-7-11-24-46(37)55(47-25-12-8-19-38(47)33-54)39-28-26-34(27-29-39)40-30-31-45-50-41(40)22-13-23-44(50)51-48(35-14-3-1-4-15-35)42-20-9-10-21-43(42)49(52(45)51)36-16-5-2-6-17-36/h1-32,53H. The number of hydrogen-bond donors (Lipinski definition) is 1. The van der Waals surface area contributed by atoms with Gasteiger partial charge in [0.15, 0.2) is 0 Å². The Kier molecular flexibility index (Phi) is 7.68. The number of anilines is 3. The fourth-order valence-corrected chi connectivity index (χ4v) is 8.64. The van der Waals surface area contributed by atoms with Crippen molar-refractivity contribution in [2.45, 2.75) is 0 Å². The van der Waals surface area contributed by atoms with Crippen LogP contribution in [0.5, 0.6) is 0 Å². The van der Waals surface area contributed by atoms with Crippen LogP contribution in [-0.2, 0) is 0 Å². The molecule has 0 aliphatic heterocycles. The molecule has 0 saturated heterocycles. The molecule has 1 aliphatic rings. The third-order valence-electron chi connectivity index (χ3n) is 11.0. The lowest BCUT2D eigenvalue weighted by molar-refractivity contribution is 1.26. The van der Waals surface area contributed by atoms with Crippen molar-refractivity contribution >= 4 is 44.8 Å². The summed E-state index contributed by atoms with van der Waals surface area (Å²) in [6.07, 6.45) is 1.37. The largest absolute Gasteiger partial charge is 0.309 e. The molecule has 256 valence electrons. The molecule has 0 unspecified atom stereocenters. The summed E-state index contributed by atoms with van der Waals surface area (Å²) in [5, 5.41) is 23.2. The van der Waals surface area contributed by atoms with Crippen LogP contribution in [0.25, 0.3) is 77.2 Å². The number of nitrogens with zero attached hydrogens (tertiary/aromatic N) is 2. The van der Waals surface area contributed by atoms with Crippen molar-refractivity contribution in [2.75, 3.05) is 4.90 Å². The molecule has 55 heavy (non-hydrogen) atoms. The molecule has 0 spiro atoms. The summed E-state index contributed by atoms with van der Waals surface area (Å²) in [4.78, 5) is 2.08. The van der Waals surface area contributed by atoms with E-state index in [1.807, 2.05) is 48.5 Å². The molecule has 0 amide bonds. The minimum atomic E-state index is 0.566. The summed E-state index contributed by atoms with van der Waals surface area (Å²) in [7, 11) is 0. The molecular formula is C52H33N3. The average molecular weight is 700 g/mol. The average Bonchev–Trinajstić information content (AvgIpc) is 3.59. The number of fused-ring (bicyclic) bond motifs is 4. The lowest BCUT2D eigenvalue weighted by atomic mass is 9.82. The lowest BCUT2D eigenvalue weighted by Crippen LogP contribution is -2.13. The highest BCUT2D eigenvalue weighted by atomic mass is 15.1. The lowest BCUT2D eigenvalue weighted by Gasteiger charge is -2.27. The van der Waals surface area contributed by atoms with Crippen molar-refractivity contribution in [3.63, 3.8) is 0 Å². The van der Waals surface area contributed by atoms with Crippen LogP contribution in [0.4, 0.5) is 17.1 Å². The van der Waals surface area contributed by atoms with Gasteiger partial charge in [0.1, 0.15) is 6.07 Å². The highest BCUT2D eigenvalue weighted by Gasteiger charge is 2.31. The SMILES string of the molecule is N#Cc1ccccc1N(c1ccc(-c2ccc3c4c(cccc24)-c2c-3c(-c3ccccc3)c3ccccc3c2-c2ccccc2)cc1)c1ccccc1C=N. The maximum atomic E-state index is 10.1. The molecule has 0 atom stereocenters. The second kappa shape index (κ2) is 13.1. The maximum Gasteiger partial charge on any atom is 0.101 e. The van der Waals surface area contributed by atoms with Crippen molar-refractivity contribution in [1.82, 2.24) is 0 Å². The third kappa shape index (κ3) is 5.08. The third-order valence-corrected chi connectivity index (χ3v) is 11.0. The Morgan fingerprint density at radius 2 is 0.945 bits per heavy atom. The molecule has 3 nitrogen and oxygen atoms in total. The molecule has 3 heteroatoms. The zero-order valence-corrected chi connectivity index (χ0v) is 29.9. The van der Waals surface area contributed by atoms with Crippen LogP contribution in [0.3, 0.4) is 0 Å². The van der Waals surface area contributed by atoms with Crippen LogP contribution in [-0.4, -0.2) is 6.21 Å². The molecule has 0 aromatic heterocycles. The van der Waals surface area contributed by atoms with Gasteiger partial charge in [-0.3, -0.25) is 0 Å². The Morgan fingerprint density at radius 1 is 0.418 bits per heavy atom. The Hall–Kier alpha value is -7.54. The van der Waals surface area contributed by atoms with Gasteiger partial charge in [-0.15, -0.1) is 0 Å². The summed E-state index contributed by atoms with van der Waals surface area (Å²) in [6.45, 7) is 0. The molecule has 0 saturated carbocycles. The van der Waals surface area contributed by atoms with Crippen molar-refractivity contribution in [2.24, 2.45) is 0 Å². The number of nitrogens with one attached hydrogen (secondary N) is 1. The highest BCUT2D eigenvalue weighted by Crippen LogP contribution is 2.58. The monoisotopic (exact) mass is 699 g/mol. The molecule has 10 rings (SSSR count). The first-order valence-corrected chi connectivity index (χ1v) is 18.5. The summed E-state index contributed by atoms with van der Waals surface area (Å²) < 4.78 is 0. The smallest absolute Gasteiger partial charge is 0.101 e. The van der Waals surface area contributed by atoms with E-state index in [9.17, 15) is 5.26 Å². The van der Waals surface area contributed by atoms with E-state index in [0.29, 0.717) is 5.56 Å². The minimum absolute atomic E-state index is 0.566. The maximum absolute atomic E-state index is 10.1. The highest BCUT2D eigenvalue weighted by molar-refractivity contribution is 6.28. The van der Waals surface area contributed by atoms with Crippen molar-refractivity contribution in [1.29, 1.82) is 10.7 Å². The van der Waals surface area contributed by atoms with Gasteiger partial charge >= 0.3 is 0 Å². The zero-order valence-electron chi connectivity index (χ0n) is 29.9. The number of benzene rings is 9. The van der Waals surface area contributed by atoms with Crippen LogP contribution in [0.15, 0.2) is 188 Å². The molecule has 1 aliphatic carbocycles. The molecule has 0 fully saturated rings. The Bertz CT molecular complexity index is 2900. The van der Waals surface area contributed by atoms with Crippen molar-refractivity contribution in [3.8, 4) is 61.7 Å². The fourth-order valence-electron chi connectivity index (χ4n) is 8.64. The van der Waals surface area contributed by atoms with E-state index in [0.717, 1.165) is 33.8 Å². The molecule has 0 heterocycles. The summed E-state index contributed by atoms with van der Waals surface area (Å²) in [5.41, 5.74) is 16.2. The normalized spacial score (nSPS) is 11.3. The second-order valence-corrected chi connectivity index (χ2v) is 13.9. The molecule has 1 N–H and O–H groups in total. The van der Waals surface area contributed by atoms with E-state index in [-0.39, 0.29) is 0 Å². The molecule has 0 radical (unpaired) electrons. The van der Waals surface area contributed by atoms with Gasteiger partial charge in [-0.2, -0.15) is 5.26 Å². The minimum Gasteiger partial charge on any atom is -0.309 e. The van der Waals surface area contributed by atoms with Crippen LogP contribution >= 0.6 is 0 Å². The topological polar surface area (TPSA) is 50.9 Å². The summed E-state index contributed by atoms with van der Waals surface area (Å²) in [5.74, 6) is 0. The molecular weight excluding hydrogens is 667 g/mol. The van der Waals surface area contributed by atoms with E-state index >= 15 is 0 Å². The number of hydrogen-bond acceptors (Lipinski definition) is 3. The van der Waals surface area contributed by atoms with Crippen LogP contribution in [0.2, 0.25) is 0 Å². The van der Waals surface area contributed by atoms with E-state index in [1.165, 1.54) is 72.3 Å². The van der Waals surface area contributed by atoms with E-state index < -0.39 is 0 Å². The zero-order chi connectivity index (χ0) is 36.9. The molecule has 0 bridgehead atoms. The van der Waals surface area contributed by atoms with E-state index in [1.54, 1.807) is 0 Å². The van der Waals surface area contributed by atoms with Gasteiger partial charge in [-0.25, -0.2) is 0 Å².